The van der Waals surface area contributed by atoms with E-state index in [1.165, 1.54) is 30.6 Å². The first-order chi connectivity index (χ1) is 9.89. The summed E-state index contributed by atoms with van der Waals surface area (Å²) in [4.78, 5) is 20.7. The van der Waals surface area contributed by atoms with E-state index in [9.17, 15) is 9.90 Å². The van der Waals surface area contributed by atoms with Crippen molar-refractivity contribution in [2.24, 2.45) is 0 Å². The Morgan fingerprint density at radius 3 is 2.48 bits per heavy atom. The van der Waals surface area contributed by atoms with Crippen LogP contribution in [0.2, 0.25) is 0 Å². The van der Waals surface area contributed by atoms with Crippen LogP contribution in [0.25, 0.3) is 0 Å². The minimum atomic E-state index is -0.860. The SMILES string of the molecule is CCCc1nc(N(C)CC2(N(C)C)CCC2)sc1C(=O)O. The van der Waals surface area contributed by atoms with Crippen molar-refractivity contribution in [3.05, 3.63) is 10.6 Å². The maximum atomic E-state index is 11.3. The zero-order valence-corrected chi connectivity index (χ0v) is 14.2. The third-order valence-electron chi connectivity index (χ3n) is 4.46. The monoisotopic (exact) mass is 311 g/mol. The van der Waals surface area contributed by atoms with Crippen LogP contribution in [0.4, 0.5) is 5.13 Å². The number of aryl methyl sites for hydroxylation is 1. The number of rotatable bonds is 7. The van der Waals surface area contributed by atoms with Gasteiger partial charge in [0.1, 0.15) is 4.88 Å². The van der Waals surface area contributed by atoms with Gasteiger partial charge in [-0.2, -0.15) is 0 Å². The molecule has 21 heavy (non-hydrogen) atoms. The van der Waals surface area contributed by atoms with Gasteiger partial charge in [0.25, 0.3) is 0 Å². The molecule has 0 aromatic carbocycles. The zero-order chi connectivity index (χ0) is 15.6. The Bertz CT molecular complexity index is 509. The molecule has 0 atom stereocenters. The molecule has 1 heterocycles. The standard InChI is InChI=1S/C15H25N3O2S/c1-5-7-11-12(13(19)20)21-14(16-11)18(4)10-15(17(2)3)8-6-9-15/h5-10H2,1-4H3,(H,19,20). The van der Waals surface area contributed by atoms with Crippen molar-refractivity contribution in [2.45, 2.75) is 44.6 Å². The Kier molecular flexibility index (Phi) is 4.88. The molecule has 0 amide bonds. The molecule has 118 valence electrons. The van der Waals surface area contributed by atoms with Gasteiger partial charge < -0.3 is 14.9 Å². The number of nitrogens with zero attached hydrogens (tertiary/aromatic N) is 3. The molecule has 1 N–H and O–H groups in total. The Labute approximate surface area is 130 Å². The van der Waals surface area contributed by atoms with Gasteiger partial charge in [0, 0.05) is 19.1 Å². The maximum Gasteiger partial charge on any atom is 0.347 e. The summed E-state index contributed by atoms with van der Waals surface area (Å²) in [6, 6.07) is 0. The number of likely N-dealkylation sites (N-methyl/N-ethyl adjacent to an activating group) is 2. The van der Waals surface area contributed by atoms with E-state index in [-0.39, 0.29) is 5.54 Å². The highest BCUT2D eigenvalue weighted by Crippen LogP contribution is 2.38. The molecule has 5 nitrogen and oxygen atoms in total. The van der Waals surface area contributed by atoms with Gasteiger partial charge in [-0.1, -0.05) is 24.7 Å². The van der Waals surface area contributed by atoms with Crippen LogP contribution in [0.1, 0.15) is 48.0 Å². The summed E-state index contributed by atoms with van der Waals surface area (Å²) in [5.41, 5.74) is 0.943. The summed E-state index contributed by atoms with van der Waals surface area (Å²) in [6.45, 7) is 2.95. The van der Waals surface area contributed by atoms with Crippen molar-refractivity contribution >= 4 is 22.4 Å². The second-order valence-corrected chi connectivity index (χ2v) is 7.13. The summed E-state index contributed by atoms with van der Waals surface area (Å²) in [5.74, 6) is -0.860. The van der Waals surface area contributed by atoms with E-state index in [4.69, 9.17) is 0 Å². The van der Waals surface area contributed by atoms with Gasteiger partial charge in [0.05, 0.1) is 5.69 Å². The maximum absolute atomic E-state index is 11.3. The average Bonchev–Trinajstić information content (AvgIpc) is 2.77. The third-order valence-corrected chi connectivity index (χ3v) is 5.66. The molecule has 1 aromatic rings. The summed E-state index contributed by atoms with van der Waals surface area (Å²) < 4.78 is 0. The number of carboxylic acids is 1. The number of hydrogen-bond acceptors (Lipinski definition) is 5. The molecule has 0 saturated heterocycles. The molecule has 1 fully saturated rings. The van der Waals surface area contributed by atoms with Gasteiger partial charge in [-0.05, 0) is 39.8 Å². The zero-order valence-electron chi connectivity index (χ0n) is 13.3. The molecular weight excluding hydrogens is 286 g/mol. The van der Waals surface area contributed by atoms with E-state index in [1.54, 1.807) is 0 Å². The Hall–Kier alpha value is -1.14. The molecule has 6 heteroatoms. The normalized spacial score (nSPS) is 16.8. The minimum Gasteiger partial charge on any atom is -0.477 e. The Morgan fingerprint density at radius 2 is 2.05 bits per heavy atom. The largest absolute Gasteiger partial charge is 0.477 e. The smallest absolute Gasteiger partial charge is 0.347 e. The van der Waals surface area contributed by atoms with E-state index in [0.717, 1.165) is 30.2 Å². The van der Waals surface area contributed by atoms with Gasteiger partial charge >= 0.3 is 5.97 Å². The Balaban J connectivity index is 2.17. The quantitative estimate of drug-likeness (QED) is 0.839. The van der Waals surface area contributed by atoms with Gasteiger partial charge in [0.15, 0.2) is 5.13 Å². The van der Waals surface area contributed by atoms with Crippen LogP contribution >= 0.6 is 11.3 Å². The van der Waals surface area contributed by atoms with Gasteiger partial charge in [-0.15, -0.1) is 0 Å². The number of thiazole rings is 1. The molecule has 0 aliphatic heterocycles. The molecule has 2 rings (SSSR count). The predicted molar refractivity (Wildman–Crippen MR) is 86.6 cm³/mol. The number of aromatic carboxylic acids is 1. The fraction of sp³-hybridized carbons (Fsp3) is 0.733. The first-order valence-corrected chi connectivity index (χ1v) is 8.33. The number of anilines is 1. The van der Waals surface area contributed by atoms with Crippen LogP contribution in [0.15, 0.2) is 0 Å². The molecule has 1 aliphatic carbocycles. The summed E-state index contributed by atoms with van der Waals surface area (Å²) in [6.07, 6.45) is 5.30. The van der Waals surface area contributed by atoms with E-state index in [0.29, 0.717) is 4.88 Å². The molecule has 0 bridgehead atoms. The van der Waals surface area contributed by atoms with Crippen LogP contribution in [-0.4, -0.2) is 54.2 Å². The molecule has 0 unspecified atom stereocenters. The van der Waals surface area contributed by atoms with Crippen LogP contribution in [0.3, 0.4) is 0 Å². The average molecular weight is 311 g/mol. The van der Waals surface area contributed by atoms with Crippen molar-refractivity contribution in [3.8, 4) is 0 Å². The van der Waals surface area contributed by atoms with E-state index >= 15 is 0 Å². The second kappa shape index (κ2) is 6.32. The van der Waals surface area contributed by atoms with Crippen molar-refractivity contribution in [3.63, 3.8) is 0 Å². The molecule has 0 radical (unpaired) electrons. The van der Waals surface area contributed by atoms with Gasteiger partial charge in [-0.25, -0.2) is 9.78 Å². The lowest BCUT2D eigenvalue weighted by atomic mass is 9.75. The number of aromatic nitrogens is 1. The first-order valence-electron chi connectivity index (χ1n) is 7.51. The molecular formula is C15H25N3O2S. The van der Waals surface area contributed by atoms with Crippen LogP contribution < -0.4 is 4.90 Å². The Morgan fingerprint density at radius 1 is 1.38 bits per heavy atom. The topological polar surface area (TPSA) is 56.7 Å². The predicted octanol–water partition coefficient (Wildman–Crippen LogP) is 2.71. The van der Waals surface area contributed by atoms with Crippen molar-refractivity contribution in [1.82, 2.24) is 9.88 Å². The summed E-state index contributed by atoms with van der Waals surface area (Å²) in [7, 11) is 6.27. The van der Waals surface area contributed by atoms with Crippen molar-refractivity contribution in [1.29, 1.82) is 0 Å². The minimum absolute atomic E-state index is 0.217. The van der Waals surface area contributed by atoms with Crippen LogP contribution in [0, 0.1) is 0 Å². The number of hydrogen-bond donors (Lipinski definition) is 1. The second-order valence-electron chi connectivity index (χ2n) is 6.16. The highest BCUT2D eigenvalue weighted by Gasteiger charge is 2.40. The lowest BCUT2D eigenvalue weighted by Crippen LogP contribution is -2.56. The fourth-order valence-electron chi connectivity index (χ4n) is 2.92. The lowest BCUT2D eigenvalue weighted by Gasteiger charge is -2.49. The molecule has 1 aromatic heterocycles. The number of carbonyl (C=O) groups is 1. The molecule has 1 aliphatic rings. The van der Waals surface area contributed by atoms with Crippen molar-refractivity contribution in [2.75, 3.05) is 32.6 Å². The highest BCUT2D eigenvalue weighted by molar-refractivity contribution is 7.17. The first kappa shape index (κ1) is 16.2. The third kappa shape index (κ3) is 3.21. The van der Waals surface area contributed by atoms with Crippen LogP contribution in [0.5, 0.6) is 0 Å². The van der Waals surface area contributed by atoms with E-state index < -0.39 is 5.97 Å². The summed E-state index contributed by atoms with van der Waals surface area (Å²) in [5, 5.41) is 10.1. The van der Waals surface area contributed by atoms with Gasteiger partial charge in [0.2, 0.25) is 0 Å². The van der Waals surface area contributed by atoms with Crippen molar-refractivity contribution < 1.29 is 9.90 Å². The molecule has 1 saturated carbocycles. The van der Waals surface area contributed by atoms with E-state index in [1.807, 2.05) is 14.0 Å². The fourth-order valence-corrected chi connectivity index (χ4v) is 3.83. The van der Waals surface area contributed by atoms with Crippen LogP contribution in [-0.2, 0) is 6.42 Å². The highest BCUT2D eigenvalue weighted by atomic mass is 32.1. The lowest BCUT2D eigenvalue weighted by molar-refractivity contribution is 0.0683. The summed E-state index contributed by atoms with van der Waals surface area (Å²) >= 11 is 1.30. The number of carboxylic acid groups (broad SMARTS) is 1. The van der Waals surface area contributed by atoms with Gasteiger partial charge in [-0.3, -0.25) is 0 Å². The van der Waals surface area contributed by atoms with E-state index in [2.05, 4.69) is 28.9 Å². The molecule has 0 spiro atoms.